The Balaban J connectivity index is 2.95. The lowest BCUT2D eigenvalue weighted by molar-refractivity contribution is -0.139. The minimum atomic E-state index is -0.970. The molecule has 0 fully saturated rings. The summed E-state index contributed by atoms with van der Waals surface area (Å²) < 4.78 is 5.24. The highest BCUT2D eigenvalue weighted by Gasteiger charge is 2.08. The average molecular weight is 234 g/mol. The van der Waals surface area contributed by atoms with E-state index in [2.05, 4.69) is 20.4 Å². The van der Waals surface area contributed by atoms with Crippen LogP contribution in [0.25, 0.3) is 0 Å². The maximum atomic E-state index is 10.5. The van der Waals surface area contributed by atoms with Gasteiger partial charge in [-0.05, 0) is 29.5 Å². The van der Waals surface area contributed by atoms with E-state index in [-0.39, 0.29) is 6.61 Å². The first-order valence-electron chi connectivity index (χ1n) is 5.63. The van der Waals surface area contributed by atoms with Crippen LogP contribution < -0.4 is 4.74 Å². The zero-order valence-electron chi connectivity index (χ0n) is 10.3. The third-order valence-electron chi connectivity index (χ3n) is 2.47. The van der Waals surface area contributed by atoms with Gasteiger partial charge in [0.15, 0.2) is 6.61 Å². The third kappa shape index (κ3) is 3.94. The number of carbonyl (C=O) groups is 1. The molecule has 0 aliphatic heterocycles. The number of ether oxygens (including phenoxy) is 1. The Morgan fingerprint density at radius 3 is 2.76 bits per heavy atom. The highest BCUT2D eigenvalue weighted by atomic mass is 16.5. The van der Waals surface area contributed by atoms with Gasteiger partial charge in [-0.25, -0.2) is 4.79 Å². The largest absolute Gasteiger partial charge is 0.482 e. The van der Waals surface area contributed by atoms with Gasteiger partial charge < -0.3 is 9.84 Å². The van der Waals surface area contributed by atoms with Crippen LogP contribution in [0.2, 0.25) is 0 Å². The van der Waals surface area contributed by atoms with Gasteiger partial charge in [-0.3, -0.25) is 0 Å². The van der Waals surface area contributed by atoms with Crippen molar-refractivity contribution < 1.29 is 14.6 Å². The first-order chi connectivity index (χ1) is 8.04. The Morgan fingerprint density at radius 2 is 2.24 bits per heavy atom. The van der Waals surface area contributed by atoms with Gasteiger partial charge in [0.05, 0.1) is 0 Å². The quantitative estimate of drug-likeness (QED) is 0.770. The van der Waals surface area contributed by atoms with Crippen molar-refractivity contribution in [1.29, 1.82) is 0 Å². The van der Waals surface area contributed by atoms with E-state index in [1.54, 1.807) is 6.08 Å². The van der Waals surface area contributed by atoms with Crippen LogP contribution in [0.3, 0.4) is 0 Å². The predicted octanol–water partition coefficient (Wildman–Crippen LogP) is 3.00. The van der Waals surface area contributed by atoms with E-state index < -0.39 is 5.97 Å². The maximum Gasteiger partial charge on any atom is 0.341 e. The summed E-state index contributed by atoms with van der Waals surface area (Å²) in [4.78, 5) is 10.5. The Hall–Kier alpha value is -1.77. The van der Waals surface area contributed by atoms with E-state index in [1.807, 2.05) is 18.2 Å². The second-order valence-corrected chi connectivity index (χ2v) is 4.20. The van der Waals surface area contributed by atoms with E-state index in [1.165, 1.54) is 5.56 Å². The van der Waals surface area contributed by atoms with Gasteiger partial charge in [-0.15, -0.1) is 6.58 Å². The van der Waals surface area contributed by atoms with Gasteiger partial charge >= 0.3 is 5.97 Å². The highest BCUT2D eigenvalue weighted by molar-refractivity contribution is 5.68. The number of aliphatic carboxylic acids is 1. The molecule has 0 unspecified atom stereocenters. The molecule has 0 aliphatic carbocycles. The summed E-state index contributed by atoms with van der Waals surface area (Å²) in [6.45, 7) is 7.61. The minimum Gasteiger partial charge on any atom is -0.482 e. The van der Waals surface area contributed by atoms with Crippen molar-refractivity contribution in [3.63, 3.8) is 0 Å². The minimum absolute atomic E-state index is 0.314. The van der Waals surface area contributed by atoms with Crippen molar-refractivity contribution in [3.05, 3.63) is 42.0 Å². The standard InChI is InChI=1S/C14H18O3/c1-4-5-12-8-11(10(2)3)6-7-13(12)17-9-14(15)16/h4,6-8,10H,1,5,9H2,2-3H3,(H,15,16). The fourth-order valence-corrected chi connectivity index (χ4v) is 1.55. The van der Waals surface area contributed by atoms with Crippen molar-refractivity contribution in [3.8, 4) is 5.75 Å². The zero-order valence-corrected chi connectivity index (χ0v) is 10.3. The molecular weight excluding hydrogens is 216 g/mol. The second kappa shape index (κ2) is 6.09. The molecule has 0 aromatic heterocycles. The lowest BCUT2D eigenvalue weighted by Crippen LogP contribution is -2.10. The molecule has 0 radical (unpaired) electrons. The molecule has 0 saturated carbocycles. The second-order valence-electron chi connectivity index (χ2n) is 4.20. The molecule has 1 N–H and O–H groups in total. The van der Waals surface area contributed by atoms with Crippen LogP contribution in [0.5, 0.6) is 5.75 Å². The van der Waals surface area contributed by atoms with Crippen LogP contribution in [-0.2, 0) is 11.2 Å². The number of hydrogen-bond donors (Lipinski definition) is 1. The summed E-state index contributed by atoms with van der Waals surface area (Å²) in [5.74, 6) is 0.0891. The van der Waals surface area contributed by atoms with Crippen molar-refractivity contribution in [2.24, 2.45) is 0 Å². The van der Waals surface area contributed by atoms with Crippen molar-refractivity contribution in [1.82, 2.24) is 0 Å². The number of hydrogen-bond acceptors (Lipinski definition) is 2. The van der Waals surface area contributed by atoms with E-state index in [4.69, 9.17) is 9.84 Å². The van der Waals surface area contributed by atoms with Gasteiger partial charge in [-0.1, -0.05) is 32.1 Å². The van der Waals surface area contributed by atoms with Gasteiger partial charge in [0, 0.05) is 0 Å². The molecule has 92 valence electrons. The number of rotatable bonds is 6. The normalized spacial score (nSPS) is 10.3. The van der Waals surface area contributed by atoms with Gasteiger partial charge in [-0.2, -0.15) is 0 Å². The number of benzene rings is 1. The Labute approximate surface area is 102 Å². The molecule has 17 heavy (non-hydrogen) atoms. The Morgan fingerprint density at radius 1 is 1.53 bits per heavy atom. The summed E-state index contributed by atoms with van der Waals surface area (Å²) >= 11 is 0. The fourth-order valence-electron chi connectivity index (χ4n) is 1.55. The maximum absolute atomic E-state index is 10.5. The van der Waals surface area contributed by atoms with E-state index in [0.29, 0.717) is 18.1 Å². The molecule has 1 aromatic carbocycles. The molecule has 0 amide bonds. The van der Waals surface area contributed by atoms with Crippen molar-refractivity contribution in [2.75, 3.05) is 6.61 Å². The molecule has 0 saturated heterocycles. The third-order valence-corrected chi connectivity index (χ3v) is 2.47. The van der Waals surface area contributed by atoms with Gasteiger partial charge in [0.1, 0.15) is 5.75 Å². The molecule has 0 spiro atoms. The highest BCUT2D eigenvalue weighted by Crippen LogP contribution is 2.25. The summed E-state index contributed by atoms with van der Waals surface area (Å²) in [5.41, 5.74) is 2.19. The first-order valence-corrected chi connectivity index (χ1v) is 5.63. The van der Waals surface area contributed by atoms with E-state index >= 15 is 0 Å². The Bertz CT molecular complexity index is 408. The topological polar surface area (TPSA) is 46.5 Å². The van der Waals surface area contributed by atoms with Crippen LogP contribution in [0.4, 0.5) is 0 Å². The number of carboxylic acid groups (broad SMARTS) is 1. The monoisotopic (exact) mass is 234 g/mol. The molecule has 3 nitrogen and oxygen atoms in total. The number of allylic oxidation sites excluding steroid dienone is 1. The van der Waals surface area contributed by atoms with Crippen LogP contribution in [-0.4, -0.2) is 17.7 Å². The lowest BCUT2D eigenvalue weighted by Gasteiger charge is -2.12. The predicted molar refractivity (Wildman–Crippen MR) is 67.6 cm³/mol. The molecule has 0 aliphatic rings. The van der Waals surface area contributed by atoms with Crippen LogP contribution in [0, 0.1) is 0 Å². The van der Waals surface area contributed by atoms with Crippen LogP contribution in [0.1, 0.15) is 30.9 Å². The zero-order chi connectivity index (χ0) is 12.8. The molecule has 3 heteroatoms. The SMILES string of the molecule is C=CCc1cc(C(C)C)ccc1OCC(=O)O. The van der Waals surface area contributed by atoms with Gasteiger partial charge in [0.25, 0.3) is 0 Å². The molecule has 1 rings (SSSR count). The van der Waals surface area contributed by atoms with Crippen molar-refractivity contribution >= 4 is 5.97 Å². The van der Waals surface area contributed by atoms with Crippen molar-refractivity contribution in [2.45, 2.75) is 26.2 Å². The molecule has 0 atom stereocenters. The first kappa shape index (κ1) is 13.3. The smallest absolute Gasteiger partial charge is 0.341 e. The summed E-state index contributed by atoms with van der Waals surface area (Å²) in [6.07, 6.45) is 2.46. The fraction of sp³-hybridized carbons (Fsp3) is 0.357. The molecule has 1 aromatic rings. The summed E-state index contributed by atoms with van der Waals surface area (Å²) in [7, 11) is 0. The Kier molecular flexibility index (Phi) is 4.76. The lowest BCUT2D eigenvalue weighted by atomic mass is 9.99. The van der Waals surface area contributed by atoms with Crippen LogP contribution in [0.15, 0.2) is 30.9 Å². The number of carboxylic acids is 1. The molecule has 0 bridgehead atoms. The van der Waals surface area contributed by atoms with Gasteiger partial charge in [0.2, 0.25) is 0 Å². The van der Waals surface area contributed by atoms with E-state index in [9.17, 15) is 4.79 Å². The van der Waals surface area contributed by atoms with Crippen LogP contribution >= 0.6 is 0 Å². The summed E-state index contributed by atoms with van der Waals surface area (Å²) in [5, 5.41) is 8.59. The molecular formula is C14H18O3. The molecule has 0 heterocycles. The van der Waals surface area contributed by atoms with E-state index in [0.717, 1.165) is 5.56 Å². The summed E-state index contributed by atoms with van der Waals surface area (Å²) in [6, 6.07) is 5.84. The average Bonchev–Trinajstić information content (AvgIpc) is 2.27.